The van der Waals surface area contributed by atoms with Crippen molar-refractivity contribution in [3.8, 4) is 0 Å². The maximum atomic E-state index is 3.64. The number of aromatic amines is 1. The van der Waals surface area contributed by atoms with E-state index in [0.29, 0.717) is 6.04 Å². The van der Waals surface area contributed by atoms with Gasteiger partial charge in [-0.15, -0.1) is 0 Å². The molecule has 0 spiro atoms. The first kappa shape index (κ1) is 27.2. The van der Waals surface area contributed by atoms with Crippen LogP contribution in [0.1, 0.15) is 167 Å². The van der Waals surface area contributed by atoms with Gasteiger partial charge in [0.05, 0.1) is 12.0 Å². The van der Waals surface area contributed by atoms with Gasteiger partial charge >= 0.3 is 0 Å². The molecular formula is C28H55N2+. The minimum Gasteiger partial charge on any atom is -0.247 e. The number of nitrogens with zero attached hydrogens (tertiary/aromatic N) is 1. The molecule has 0 radical (unpaired) electrons. The van der Waals surface area contributed by atoms with Gasteiger partial charge in [0.15, 0.2) is 0 Å². The Bertz CT molecular complexity index is 479. The fraction of sp³-hybridized carbons (Fsp3) is 0.893. The summed E-state index contributed by atoms with van der Waals surface area (Å²) in [6.45, 7) is 9.30. The SMILES string of the molecule is CCCCCCCCCCCCCC(CCCCCC)c1[nH]cc[n+]1C(C)CCC. The summed E-state index contributed by atoms with van der Waals surface area (Å²) in [5.41, 5.74) is 0. The van der Waals surface area contributed by atoms with Crippen LogP contribution in [0.2, 0.25) is 0 Å². The molecule has 0 aliphatic heterocycles. The molecule has 0 fully saturated rings. The zero-order valence-electron chi connectivity index (χ0n) is 21.2. The molecule has 176 valence electrons. The number of imidazole rings is 1. The second-order valence-electron chi connectivity index (χ2n) is 9.76. The van der Waals surface area contributed by atoms with Crippen LogP contribution in [0.3, 0.4) is 0 Å². The Balaban J connectivity index is 2.35. The molecule has 1 aromatic rings. The minimum atomic E-state index is 0.617. The number of rotatable bonds is 21. The van der Waals surface area contributed by atoms with E-state index in [9.17, 15) is 0 Å². The summed E-state index contributed by atoms with van der Waals surface area (Å²) < 4.78 is 2.55. The number of hydrogen-bond donors (Lipinski definition) is 1. The average Bonchev–Trinajstić information content (AvgIpc) is 3.23. The van der Waals surface area contributed by atoms with Crippen LogP contribution < -0.4 is 4.57 Å². The molecule has 1 heterocycles. The monoisotopic (exact) mass is 419 g/mol. The number of aromatic nitrogens is 2. The van der Waals surface area contributed by atoms with E-state index < -0.39 is 0 Å². The summed E-state index contributed by atoms with van der Waals surface area (Å²) in [5.74, 6) is 2.22. The molecule has 0 amide bonds. The van der Waals surface area contributed by atoms with Crippen LogP contribution in [0, 0.1) is 0 Å². The normalized spacial score (nSPS) is 13.6. The Labute approximate surface area is 189 Å². The van der Waals surface area contributed by atoms with E-state index in [2.05, 4.69) is 49.6 Å². The minimum absolute atomic E-state index is 0.617. The van der Waals surface area contributed by atoms with E-state index >= 15 is 0 Å². The molecule has 2 nitrogen and oxygen atoms in total. The summed E-state index contributed by atoms with van der Waals surface area (Å²) in [5, 5.41) is 0. The summed E-state index contributed by atoms with van der Waals surface area (Å²) in [7, 11) is 0. The molecule has 0 aliphatic carbocycles. The highest BCUT2D eigenvalue weighted by Crippen LogP contribution is 2.27. The zero-order valence-corrected chi connectivity index (χ0v) is 21.2. The maximum Gasteiger partial charge on any atom is 0.257 e. The van der Waals surface area contributed by atoms with Crippen molar-refractivity contribution in [3.05, 3.63) is 18.2 Å². The largest absolute Gasteiger partial charge is 0.257 e. The molecule has 0 saturated heterocycles. The quantitative estimate of drug-likeness (QED) is 0.151. The molecule has 2 unspecified atom stereocenters. The van der Waals surface area contributed by atoms with Crippen LogP contribution in [0.4, 0.5) is 0 Å². The van der Waals surface area contributed by atoms with Crippen LogP contribution in [0.15, 0.2) is 12.4 Å². The molecule has 0 saturated carbocycles. The van der Waals surface area contributed by atoms with Crippen molar-refractivity contribution in [1.29, 1.82) is 0 Å². The molecule has 2 heteroatoms. The van der Waals surface area contributed by atoms with E-state index in [-0.39, 0.29) is 0 Å². The van der Waals surface area contributed by atoms with Gasteiger partial charge in [0.2, 0.25) is 0 Å². The summed E-state index contributed by atoms with van der Waals surface area (Å²) in [6, 6.07) is 0.617. The van der Waals surface area contributed by atoms with Crippen molar-refractivity contribution >= 4 is 0 Å². The van der Waals surface area contributed by atoms with Crippen LogP contribution in [-0.2, 0) is 0 Å². The Morgan fingerprint density at radius 1 is 0.633 bits per heavy atom. The highest BCUT2D eigenvalue weighted by Gasteiger charge is 2.25. The molecule has 0 aliphatic rings. The van der Waals surface area contributed by atoms with Crippen molar-refractivity contribution in [3.63, 3.8) is 0 Å². The number of nitrogens with one attached hydrogen (secondary N) is 1. The van der Waals surface area contributed by atoms with Crippen LogP contribution in [-0.4, -0.2) is 4.98 Å². The fourth-order valence-corrected chi connectivity index (χ4v) is 4.92. The Hall–Kier alpha value is -0.790. The highest BCUT2D eigenvalue weighted by atomic mass is 15.1. The van der Waals surface area contributed by atoms with E-state index in [1.807, 2.05) is 0 Å². The fourth-order valence-electron chi connectivity index (χ4n) is 4.92. The van der Waals surface area contributed by atoms with Crippen molar-refractivity contribution in [2.45, 2.75) is 162 Å². The molecule has 1 rings (SSSR count). The van der Waals surface area contributed by atoms with E-state index in [1.54, 1.807) is 0 Å². The third kappa shape index (κ3) is 12.2. The molecule has 1 N–H and O–H groups in total. The maximum absolute atomic E-state index is 3.64. The van der Waals surface area contributed by atoms with Gasteiger partial charge in [0.25, 0.3) is 5.82 Å². The van der Waals surface area contributed by atoms with E-state index in [1.165, 1.54) is 128 Å². The molecule has 30 heavy (non-hydrogen) atoms. The van der Waals surface area contributed by atoms with Gasteiger partial charge in [-0.2, -0.15) is 0 Å². The number of H-pyrrole nitrogens is 1. The van der Waals surface area contributed by atoms with Crippen molar-refractivity contribution in [2.75, 3.05) is 0 Å². The summed E-state index contributed by atoms with van der Waals surface area (Å²) >= 11 is 0. The molecule has 2 atom stereocenters. The van der Waals surface area contributed by atoms with E-state index in [0.717, 1.165) is 5.92 Å². The lowest BCUT2D eigenvalue weighted by molar-refractivity contribution is -0.727. The lowest BCUT2D eigenvalue weighted by Gasteiger charge is -2.17. The predicted molar refractivity (Wildman–Crippen MR) is 133 cm³/mol. The van der Waals surface area contributed by atoms with Gasteiger partial charge in [-0.3, -0.25) is 0 Å². The standard InChI is InChI=1S/C28H54N2/c1-5-8-10-12-13-14-15-16-17-18-20-23-27(22-19-11-9-6-2)28-29-24-25-30(28)26(4)21-7-3/h24-27H,5-23H2,1-4H3/p+1. The summed E-state index contributed by atoms with van der Waals surface area (Å²) in [6.07, 6.45) is 31.0. The average molecular weight is 420 g/mol. The summed E-state index contributed by atoms with van der Waals surface area (Å²) in [4.78, 5) is 3.64. The number of unbranched alkanes of at least 4 members (excludes halogenated alkanes) is 13. The predicted octanol–water partition coefficient (Wildman–Crippen LogP) is 9.42. The zero-order chi connectivity index (χ0) is 21.9. The lowest BCUT2D eigenvalue weighted by Crippen LogP contribution is -2.41. The third-order valence-corrected chi connectivity index (χ3v) is 6.87. The van der Waals surface area contributed by atoms with Gasteiger partial charge in [-0.25, -0.2) is 9.55 Å². The molecule has 0 aromatic carbocycles. The highest BCUT2D eigenvalue weighted by molar-refractivity contribution is 4.90. The molecule has 0 bridgehead atoms. The first-order valence-electron chi connectivity index (χ1n) is 13.8. The third-order valence-electron chi connectivity index (χ3n) is 6.87. The van der Waals surface area contributed by atoms with Gasteiger partial charge in [-0.05, 0) is 26.2 Å². The van der Waals surface area contributed by atoms with Gasteiger partial charge in [0, 0.05) is 0 Å². The van der Waals surface area contributed by atoms with Crippen molar-refractivity contribution < 1.29 is 4.57 Å². The van der Waals surface area contributed by atoms with Crippen molar-refractivity contribution in [2.24, 2.45) is 0 Å². The van der Waals surface area contributed by atoms with Crippen LogP contribution in [0.25, 0.3) is 0 Å². The van der Waals surface area contributed by atoms with Crippen LogP contribution >= 0.6 is 0 Å². The topological polar surface area (TPSA) is 19.7 Å². The molecule has 1 aromatic heterocycles. The smallest absolute Gasteiger partial charge is 0.247 e. The first-order chi connectivity index (χ1) is 14.7. The Kier molecular flexibility index (Phi) is 17.2. The lowest BCUT2D eigenvalue weighted by atomic mass is 9.93. The molecular weight excluding hydrogens is 364 g/mol. The Morgan fingerprint density at radius 3 is 1.60 bits per heavy atom. The van der Waals surface area contributed by atoms with Gasteiger partial charge in [-0.1, -0.05) is 124 Å². The van der Waals surface area contributed by atoms with Crippen molar-refractivity contribution in [1.82, 2.24) is 4.98 Å². The van der Waals surface area contributed by atoms with E-state index in [4.69, 9.17) is 0 Å². The number of hydrogen-bond acceptors (Lipinski definition) is 0. The van der Waals surface area contributed by atoms with Gasteiger partial charge in [0.1, 0.15) is 12.4 Å². The van der Waals surface area contributed by atoms with Crippen LogP contribution in [0.5, 0.6) is 0 Å². The second kappa shape index (κ2) is 18.9. The first-order valence-corrected chi connectivity index (χ1v) is 13.8. The second-order valence-corrected chi connectivity index (χ2v) is 9.76. The van der Waals surface area contributed by atoms with Gasteiger partial charge < -0.3 is 0 Å². The Morgan fingerprint density at radius 2 is 1.10 bits per heavy atom.